The summed E-state index contributed by atoms with van der Waals surface area (Å²) in [6.45, 7) is 0.771. The van der Waals surface area contributed by atoms with E-state index in [-0.39, 0.29) is 5.56 Å². The first kappa shape index (κ1) is 11.6. The Morgan fingerprint density at radius 2 is 2.13 bits per heavy atom. The van der Waals surface area contributed by atoms with Crippen molar-refractivity contribution in [1.29, 1.82) is 0 Å². The number of benzene rings is 1. The van der Waals surface area contributed by atoms with Gasteiger partial charge in [0.1, 0.15) is 5.82 Å². The molecule has 0 saturated carbocycles. The van der Waals surface area contributed by atoms with E-state index in [0.29, 0.717) is 5.56 Å². The van der Waals surface area contributed by atoms with Gasteiger partial charge in [-0.3, -0.25) is 4.79 Å². The number of hydrogen-bond acceptors (Lipinski definition) is 1. The number of carbonyl (C=O) groups is 1. The fourth-order valence-electron chi connectivity index (χ4n) is 1.18. The van der Waals surface area contributed by atoms with E-state index < -0.39 is 24.7 Å². The minimum absolute atomic E-state index is 0.182. The Bertz CT molecular complexity index is 345. The van der Waals surface area contributed by atoms with Crippen molar-refractivity contribution >= 4 is 5.91 Å². The van der Waals surface area contributed by atoms with Gasteiger partial charge in [0, 0.05) is 0 Å². The summed E-state index contributed by atoms with van der Waals surface area (Å²) in [6.07, 6.45) is -2.64. The Kier molecular flexibility index (Phi) is 3.71. The highest BCUT2D eigenvalue weighted by Crippen LogP contribution is 2.12. The van der Waals surface area contributed by atoms with Crippen LogP contribution in [0.4, 0.5) is 13.2 Å². The van der Waals surface area contributed by atoms with Gasteiger partial charge in [0.2, 0.25) is 0 Å². The van der Waals surface area contributed by atoms with Crippen LogP contribution in [0.2, 0.25) is 0 Å². The molecular weight excluding hydrogens is 207 g/mol. The third-order valence-corrected chi connectivity index (χ3v) is 1.87. The van der Waals surface area contributed by atoms with Gasteiger partial charge in [-0.1, -0.05) is 12.1 Å². The van der Waals surface area contributed by atoms with Gasteiger partial charge in [-0.05, 0) is 18.6 Å². The third-order valence-electron chi connectivity index (χ3n) is 1.87. The Morgan fingerprint density at radius 3 is 2.67 bits per heavy atom. The molecule has 0 bridgehead atoms. The number of rotatable bonds is 3. The first-order valence-corrected chi connectivity index (χ1v) is 4.34. The molecule has 82 valence electrons. The van der Waals surface area contributed by atoms with Crippen LogP contribution in [0.25, 0.3) is 0 Å². The Balaban J connectivity index is 2.82. The molecule has 1 aromatic rings. The molecule has 0 heterocycles. The van der Waals surface area contributed by atoms with Crippen molar-refractivity contribution in [1.82, 2.24) is 5.32 Å². The number of aryl methyl sites for hydroxylation is 1. The number of hydrogen-bond donors (Lipinski definition) is 1. The molecule has 0 aliphatic carbocycles. The molecule has 0 radical (unpaired) electrons. The molecule has 1 rings (SSSR count). The van der Waals surface area contributed by atoms with Gasteiger partial charge in [-0.15, -0.1) is 0 Å². The standard InChI is InChI=1S/C10H10F3NO/c1-6-3-2-4-7(11)9(6)10(15)14-5-8(12)13/h2-4,8H,5H2,1H3,(H,14,15). The summed E-state index contributed by atoms with van der Waals surface area (Å²) in [6, 6.07) is 4.11. The number of amides is 1. The van der Waals surface area contributed by atoms with Crippen LogP contribution < -0.4 is 5.32 Å². The molecule has 0 aliphatic rings. The summed E-state index contributed by atoms with van der Waals surface area (Å²) in [7, 11) is 0. The molecule has 0 atom stereocenters. The van der Waals surface area contributed by atoms with Crippen LogP contribution in [0, 0.1) is 12.7 Å². The quantitative estimate of drug-likeness (QED) is 0.825. The van der Waals surface area contributed by atoms with Crippen molar-refractivity contribution in [2.75, 3.05) is 6.54 Å². The Morgan fingerprint density at radius 1 is 1.47 bits per heavy atom. The van der Waals surface area contributed by atoms with Crippen LogP contribution >= 0.6 is 0 Å². The Hall–Kier alpha value is -1.52. The summed E-state index contributed by atoms with van der Waals surface area (Å²) in [4.78, 5) is 11.3. The number of carbonyl (C=O) groups excluding carboxylic acids is 1. The fourth-order valence-corrected chi connectivity index (χ4v) is 1.18. The third kappa shape index (κ3) is 2.97. The van der Waals surface area contributed by atoms with E-state index in [1.54, 1.807) is 13.0 Å². The van der Waals surface area contributed by atoms with Crippen LogP contribution in [0.1, 0.15) is 15.9 Å². The van der Waals surface area contributed by atoms with Gasteiger partial charge >= 0.3 is 0 Å². The molecule has 0 unspecified atom stereocenters. The van der Waals surface area contributed by atoms with E-state index in [1.807, 2.05) is 5.32 Å². The van der Waals surface area contributed by atoms with E-state index in [1.165, 1.54) is 6.07 Å². The lowest BCUT2D eigenvalue weighted by atomic mass is 10.1. The van der Waals surface area contributed by atoms with Crippen LogP contribution in [0.3, 0.4) is 0 Å². The van der Waals surface area contributed by atoms with Crippen molar-refractivity contribution in [2.24, 2.45) is 0 Å². The molecule has 1 N–H and O–H groups in total. The van der Waals surface area contributed by atoms with Gasteiger partial charge < -0.3 is 5.32 Å². The van der Waals surface area contributed by atoms with Crippen LogP contribution in [-0.4, -0.2) is 18.9 Å². The maximum atomic E-state index is 13.2. The first-order chi connectivity index (χ1) is 7.02. The van der Waals surface area contributed by atoms with Gasteiger partial charge in [0.05, 0.1) is 12.1 Å². The van der Waals surface area contributed by atoms with Gasteiger partial charge in [-0.2, -0.15) is 0 Å². The first-order valence-electron chi connectivity index (χ1n) is 4.34. The fraction of sp³-hybridized carbons (Fsp3) is 0.300. The van der Waals surface area contributed by atoms with E-state index in [2.05, 4.69) is 0 Å². The van der Waals surface area contributed by atoms with Gasteiger partial charge in [-0.25, -0.2) is 13.2 Å². The average Bonchev–Trinajstić information content (AvgIpc) is 2.14. The lowest BCUT2D eigenvalue weighted by Gasteiger charge is -2.07. The second-order valence-corrected chi connectivity index (χ2v) is 3.03. The summed E-state index contributed by atoms with van der Waals surface area (Å²) in [5.74, 6) is -1.52. The summed E-state index contributed by atoms with van der Waals surface area (Å²) >= 11 is 0. The van der Waals surface area contributed by atoms with E-state index in [0.717, 1.165) is 6.07 Å². The summed E-state index contributed by atoms with van der Waals surface area (Å²) in [5.41, 5.74) is 0.236. The molecule has 0 spiro atoms. The van der Waals surface area contributed by atoms with Crippen molar-refractivity contribution in [3.63, 3.8) is 0 Å². The highest BCUT2D eigenvalue weighted by atomic mass is 19.3. The SMILES string of the molecule is Cc1cccc(F)c1C(=O)NCC(F)F. The second-order valence-electron chi connectivity index (χ2n) is 3.03. The monoisotopic (exact) mass is 217 g/mol. The zero-order valence-electron chi connectivity index (χ0n) is 8.06. The number of nitrogens with one attached hydrogen (secondary N) is 1. The number of halogens is 3. The molecule has 1 amide bonds. The molecule has 2 nitrogen and oxygen atoms in total. The summed E-state index contributed by atoms with van der Waals surface area (Å²) < 4.78 is 36.8. The summed E-state index contributed by atoms with van der Waals surface area (Å²) in [5, 5.41) is 1.95. The van der Waals surface area contributed by atoms with Crippen molar-refractivity contribution in [3.8, 4) is 0 Å². The van der Waals surface area contributed by atoms with Crippen LogP contribution in [0.15, 0.2) is 18.2 Å². The average molecular weight is 217 g/mol. The molecule has 1 aromatic carbocycles. The maximum Gasteiger partial charge on any atom is 0.255 e. The minimum Gasteiger partial charge on any atom is -0.346 e. The van der Waals surface area contributed by atoms with Crippen molar-refractivity contribution in [2.45, 2.75) is 13.3 Å². The van der Waals surface area contributed by atoms with E-state index >= 15 is 0 Å². The smallest absolute Gasteiger partial charge is 0.255 e. The highest BCUT2D eigenvalue weighted by Gasteiger charge is 2.15. The molecule has 0 fully saturated rings. The molecule has 0 aromatic heterocycles. The molecule has 0 saturated heterocycles. The predicted molar refractivity (Wildman–Crippen MR) is 49.5 cm³/mol. The van der Waals surface area contributed by atoms with E-state index in [9.17, 15) is 18.0 Å². The Labute approximate surface area is 85.1 Å². The molecular formula is C10H10F3NO. The molecule has 5 heteroatoms. The van der Waals surface area contributed by atoms with Gasteiger partial charge in [0.15, 0.2) is 0 Å². The lowest BCUT2D eigenvalue weighted by Crippen LogP contribution is -2.29. The predicted octanol–water partition coefficient (Wildman–Crippen LogP) is 2.13. The lowest BCUT2D eigenvalue weighted by molar-refractivity contribution is 0.0887. The van der Waals surface area contributed by atoms with Gasteiger partial charge in [0.25, 0.3) is 12.3 Å². The molecule has 0 aliphatic heterocycles. The second kappa shape index (κ2) is 4.82. The topological polar surface area (TPSA) is 29.1 Å². The van der Waals surface area contributed by atoms with Crippen molar-refractivity contribution < 1.29 is 18.0 Å². The maximum absolute atomic E-state index is 13.2. The normalized spacial score (nSPS) is 10.5. The zero-order valence-corrected chi connectivity index (χ0v) is 8.06. The molecule has 15 heavy (non-hydrogen) atoms. The van der Waals surface area contributed by atoms with Crippen molar-refractivity contribution in [3.05, 3.63) is 35.1 Å². The largest absolute Gasteiger partial charge is 0.346 e. The minimum atomic E-state index is -2.64. The van der Waals surface area contributed by atoms with Crippen LogP contribution in [-0.2, 0) is 0 Å². The van der Waals surface area contributed by atoms with E-state index in [4.69, 9.17) is 0 Å². The number of alkyl halides is 2. The zero-order chi connectivity index (χ0) is 11.4. The van der Waals surface area contributed by atoms with Crippen LogP contribution in [0.5, 0.6) is 0 Å². The highest BCUT2D eigenvalue weighted by molar-refractivity contribution is 5.95.